The smallest absolute Gasteiger partial charge is 0.119 e. The lowest BCUT2D eigenvalue weighted by Gasteiger charge is -2.32. The molecular formula is C20H25ClN2O. The van der Waals surface area contributed by atoms with E-state index >= 15 is 0 Å². The second-order valence-electron chi connectivity index (χ2n) is 6.28. The average molecular weight is 345 g/mol. The van der Waals surface area contributed by atoms with Crippen molar-refractivity contribution in [3.05, 3.63) is 59.6 Å². The maximum Gasteiger partial charge on any atom is 0.119 e. The van der Waals surface area contributed by atoms with Crippen LogP contribution in [0.1, 0.15) is 19.3 Å². The maximum atomic E-state index is 5.93. The number of halogens is 1. The highest BCUT2D eigenvalue weighted by molar-refractivity contribution is 6.30. The normalized spacial score (nSPS) is 16.0. The van der Waals surface area contributed by atoms with Crippen LogP contribution in [0.4, 0.5) is 5.69 Å². The Morgan fingerprint density at radius 1 is 1.00 bits per heavy atom. The molecule has 1 saturated heterocycles. The molecule has 0 aliphatic carbocycles. The first kappa shape index (κ1) is 17.1. The topological polar surface area (TPSA) is 24.5 Å². The van der Waals surface area contributed by atoms with Gasteiger partial charge in [0.25, 0.3) is 0 Å². The van der Waals surface area contributed by atoms with Gasteiger partial charge in [0.2, 0.25) is 0 Å². The molecule has 128 valence electrons. The molecule has 0 unspecified atom stereocenters. The number of likely N-dealkylation sites (tertiary alicyclic amines) is 1. The van der Waals surface area contributed by atoms with Gasteiger partial charge in [0.15, 0.2) is 0 Å². The molecule has 0 amide bonds. The standard InChI is InChI=1S/C20H25ClN2O/c21-17-7-9-18(10-8-17)22-19-11-14-23(15-12-19)13-4-16-24-20-5-2-1-3-6-20/h1-3,5-10,19,22H,4,11-16H2. The van der Waals surface area contributed by atoms with Gasteiger partial charge < -0.3 is 15.0 Å². The summed E-state index contributed by atoms with van der Waals surface area (Å²) in [5.74, 6) is 0.961. The summed E-state index contributed by atoms with van der Waals surface area (Å²) in [5.41, 5.74) is 1.16. The zero-order valence-corrected chi connectivity index (χ0v) is 14.7. The lowest BCUT2D eigenvalue weighted by Crippen LogP contribution is -2.39. The summed E-state index contributed by atoms with van der Waals surface area (Å²) in [6.07, 6.45) is 3.44. The number of para-hydroxylation sites is 1. The molecule has 0 atom stereocenters. The molecule has 0 spiro atoms. The maximum absolute atomic E-state index is 5.93. The van der Waals surface area contributed by atoms with Crippen LogP contribution in [0.2, 0.25) is 5.02 Å². The zero-order chi connectivity index (χ0) is 16.6. The highest BCUT2D eigenvalue weighted by atomic mass is 35.5. The summed E-state index contributed by atoms with van der Waals surface area (Å²) >= 11 is 5.93. The Labute approximate surface area is 149 Å². The van der Waals surface area contributed by atoms with Gasteiger partial charge in [-0.3, -0.25) is 0 Å². The summed E-state index contributed by atoms with van der Waals surface area (Å²) in [6, 6.07) is 18.6. The van der Waals surface area contributed by atoms with E-state index in [1.807, 2.05) is 42.5 Å². The van der Waals surface area contributed by atoms with Crippen molar-refractivity contribution in [2.24, 2.45) is 0 Å². The van der Waals surface area contributed by atoms with E-state index in [1.165, 1.54) is 12.8 Å². The van der Waals surface area contributed by atoms with Crippen molar-refractivity contribution in [1.82, 2.24) is 4.90 Å². The fourth-order valence-electron chi connectivity index (χ4n) is 3.08. The van der Waals surface area contributed by atoms with E-state index in [4.69, 9.17) is 16.3 Å². The quantitative estimate of drug-likeness (QED) is 0.738. The summed E-state index contributed by atoms with van der Waals surface area (Å²) < 4.78 is 5.76. The lowest BCUT2D eigenvalue weighted by molar-refractivity contribution is 0.198. The van der Waals surface area contributed by atoms with Crippen molar-refractivity contribution in [2.45, 2.75) is 25.3 Å². The second kappa shape index (κ2) is 8.95. The Hall–Kier alpha value is -1.71. The number of hydrogen-bond donors (Lipinski definition) is 1. The van der Waals surface area contributed by atoms with Crippen molar-refractivity contribution in [3.8, 4) is 5.75 Å². The van der Waals surface area contributed by atoms with Gasteiger partial charge in [-0.25, -0.2) is 0 Å². The molecule has 2 aromatic rings. The minimum Gasteiger partial charge on any atom is -0.494 e. The minimum absolute atomic E-state index is 0.558. The van der Waals surface area contributed by atoms with Gasteiger partial charge in [-0.1, -0.05) is 29.8 Å². The van der Waals surface area contributed by atoms with Crippen molar-refractivity contribution in [2.75, 3.05) is 31.6 Å². The molecule has 4 heteroatoms. The summed E-state index contributed by atoms with van der Waals surface area (Å²) in [6.45, 7) is 4.20. The first-order valence-corrected chi connectivity index (χ1v) is 9.10. The predicted octanol–water partition coefficient (Wildman–Crippen LogP) is 4.69. The average Bonchev–Trinajstić information content (AvgIpc) is 2.63. The number of ether oxygens (including phenoxy) is 1. The summed E-state index contributed by atoms with van der Waals surface area (Å²) in [5, 5.41) is 4.39. The van der Waals surface area contributed by atoms with E-state index in [-0.39, 0.29) is 0 Å². The van der Waals surface area contributed by atoms with Crippen LogP contribution in [0.5, 0.6) is 5.75 Å². The summed E-state index contributed by atoms with van der Waals surface area (Å²) in [7, 11) is 0. The van der Waals surface area contributed by atoms with Crippen LogP contribution >= 0.6 is 11.6 Å². The third-order valence-electron chi connectivity index (χ3n) is 4.43. The van der Waals surface area contributed by atoms with Gasteiger partial charge in [-0.05, 0) is 55.7 Å². The molecule has 1 N–H and O–H groups in total. The molecule has 0 saturated carbocycles. The number of nitrogens with zero attached hydrogens (tertiary/aromatic N) is 1. The minimum atomic E-state index is 0.558. The van der Waals surface area contributed by atoms with E-state index in [1.54, 1.807) is 0 Å². The Kier molecular flexibility index (Phi) is 6.39. The number of anilines is 1. The Bertz CT molecular complexity index is 595. The second-order valence-corrected chi connectivity index (χ2v) is 6.72. The number of rotatable bonds is 7. The first-order chi connectivity index (χ1) is 11.8. The van der Waals surface area contributed by atoms with Gasteiger partial charge in [0.1, 0.15) is 5.75 Å². The van der Waals surface area contributed by atoms with Crippen LogP contribution in [0.15, 0.2) is 54.6 Å². The molecule has 3 rings (SSSR count). The molecule has 0 aromatic heterocycles. The molecule has 2 aromatic carbocycles. The van der Waals surface area contributed by atoms with E-state index in [2.05, 4.69) is 22.3 Å². The monoisotopic (exact) mass is 344 g/mol. The highest BCUT2D eigenvalue weighted by Crippen LogP contribution is 2.19. The van der Waals surface area contributed by atoms with Crippen LogP contribution in [-0.2, 0) is 0 Å². The predicted molar refractivity (Wildman–Crippen MR) is 101 cm³/mol. The molecule has 1 aliphatic rings. The Morgan fingerprint density at radius 3 is 2.42 bits per heavy atom. The van der Waals surface area contributed by atoms with Gasteiger partial charge in [0, 0.05) is 36.4 Å². The van der Waals surface area contributed by atoms with E-state index in [0.717, 1.165) is 49.1 Å². The largest absolute Gasteiger partial charge is 0.494 e. The van der Waals surface area contributed by atoms with Gasteiger partial charge in [-0.15, -0.1) is 0 Å². The SMILES string of the molecule is Clc1ccc(NC2CCN(CCCOc3ccccc3)CC2)cc1. The lowest BCUT2D eigenvalue weighted by atomic mass is 10.0. The zero-order valence-electron chi connectivity index (χ0n) is 14.0. The third-order valence-corrected chi connectivity index (χ3v) is 4.69. The number of hydrogen-bond acceptors (Lipinski definition) is 3. The van der Waals surface area contributed by atoms with Crippen LogP contribution < -0.4 is 10.1 Å². The van der Waals surface area contributed by atoms with Crippen molar-refractivity contribution in [1.29, 1.82) is 0 Å². The molecule has 1 fully saturated rings. The first-order valence-electron chi connectivity index (χ1n) is 8.72. The van der Waals surface area contributed by atoms with Crippen molar-refractivity contribution < 1.29 is 4.74 Å². The number of piperidine rings is 1. The molecule has 3 nitrogen and oxygen atoms in total. The van der Waals surface area contributed by atoms with Gasteiger partial charge in [0.05, 0.1) is 6.61 Å². The molecule has 0 radical (unpaired) electrons. The molecule has 24 heavy (non-hydrogen) atoms. The van der Waals surface area contributed by atoms with E-state index in [9.17, 15) is 0 Å². The Balaban J connectivity index is 1.31. The van der Waals surface area contributed by atoms with Crippen molar-refractivity contribution >= 4 is 17.3 Å². The third kappa shape index (κ3) is 5.43. The number of nitrogens with one attached hydrogen (secondary N) is 1. The van der Waals surface area contributed by atoms with E-state index < -0.39 is 0 Å². The van der Waals surface area contributed by atoms with Crippen LogP contribution in [-0.4, -0.2) is 37.2 Å². The molecule has 1 heterocycles. The molecular weight excluding hydrogens is 320 g/mol. The van der Waals surface area contributed by atoms with Gasteiger partial charge >= 0.3 is 0 Å². The van der Waals surface area contributed by atoms with Crippen LogP contribution in [0, 0.1) is 0 Å². The molecule has 1 aliphatic heterocycles. The molecule has 0 bridgehead atoms. The summed E-state index contributed by atoms with van der Waals surface area (Å²) in [4.78, 5) is 2.54. The number of benzene rings is 2. The van der Waals surface area contributed by atoms with Crippen LogP contribution in [0.25, 0.3) is 0 Å². The van der Waals surface area contributed by atoms with E-state index in [0.29, 0.717) is 6.04 Å². The Morgan fingerprint density at radius 2 is 1.71 bits per heavy atom. The fraction of sp³-hybridized carbons (Fsp3) is 0.400. The fourth-order valence-corrected chi connectivity index (χ4v) is 3.20. The van der Waals surface area contributed by atoms with Gasteiger partial charge in [-0.2, -0.15) is 0 Å². The van der Waals surface area contributed by atoms with Crippen molar-refractivity contribution in [3.63, 3.8) is 0 Å². The highest BCUT2D eigenvalue weighted by Gasteiger charge is 2.18. The van der Waals surface area contributed by atoms with Crippen LogP contribution in [0.3, 0.4) is 0 Å².